The van der Waals surface area contributed by atoms with Gasteiger partial charge in [-0.2, -0.15) is 0 Å². The second-order valence-corrected chi connectivity index (χ2v) is 34.5. The van der Waals surface area contributed by atoms with Crippen LogP contribution in [-0.2, 0) is 49.7 Å². The molecule has 6 aliphatic heterocycles. The first kappa shape index (κ1) is 80.2. The van der Waals surface area contributed by atoms with Crippen molar-refractivity contribution >= 4 is 122 Å². The Balaban J connectivity index is 0.000000131. The number of hydrogen-bond donors (Lipinski definition) is 10. The number of rotatable bonds is 9. The van der Waals surface area contributed by atoms with Crippen molar-refractivity contribution in [2.24, 2.45) is 11.7 Å². The lowest BCUT2D eigenvalue weighted by molar-refractivity contribution is -0.146. The molecule has 586 valence electrons. The number of carbonyl (C=O) groups is 6. The summed E-state index contributed by atoms with van der Waals surface area (Å²) in [5, 5.41) is 49.9. The first-order chi connectivity index (χ1) is 52.7. The number of ketones is 1. The van der Waals surface area contributed by atoms with E-state index in [4.69, 9.17) is 85.2 Å². The maximum absolute atomic E-state index is 15.9. The third kappa shape index (κ3) is 13.5. The molecule has 9 atom stereocenters. The minimum atomic E-state index is -1.30. The lowest BCUT2D eigenvalue weighted by atomic mass is 9.55. The predicted octanol–water partition coefficient (Wildman–Crippen LogP) is 16.7. The number of aliphatic hydroxyl groups is 2. The van der Waals surface area contributed by atoms with Gasteiger partial charge in [-0.1, -0.05) is 182 Å². The second kappa shape index (κ2) is 32.1. The van der Waals surface area contributed by atoms with Crippen molar-refractivity contribution in [3.63, 3.8) is 0 Å². The van der Waals surface area contributed by atoms with E-state index in [1.54, 1.807) is 79.7 Å². The summed E-state index contributed by atoms with van der Waals surface area (Å²) >= 11 is 37.3. The lowest BCUT2D eigenvalue weighted by Crippen LogP contribution is -2.60. The number of fused-ring (bicyclic) bond motifs is 9. The molecule has 17 rings (SSSR count). The van der Waals surface area contributed by atoms with E-state index >= 15 is 13.2 Å². The Bertz CT molecular complexity index is 4550. The van der Waals surface area contributed by atoms with Crippen molar-refractivity contribution < 1.29 is 62.0 Å². The first-order valence-electron chi connectivity index (χ1n) is 38.8. The van der Waals surface area contributed by atoms with Gasteiger partial charge in [0.15, 0.2) is 5.78 Å². The highest BCUT2D eigenvalue weighted by Crippen LogP contribution is 2.67. The van der Waals surface area contributed by atoms with Crippen LogP contribution in [0.1, 0.15) is 212 Å². The first-order valence-corrected chi connectivity index (χ1v) is 41.0. The summed E-state index contributed by atoms with van der Waals surface area (Å²) in [6, 6.07) is 27.5. The molecular weight excluding hydrogens is 1540 g/mol. The standard InChI is InChI=1S/C30H33Cl2FN2O3.C25H25Cl2FN2O3.C23H21Cl2FN2O3.C6H13NO/c31-18-9-12-21-23(16-18)34-28(38)30(21)25(20-5-4-6-22(32)26(20)33)27(35-29(30)13-2-1-3-14-29)24(37)15-17-7-10-19(36)11-8-17;1-2-33-22(31)21-19(15-7-6-8-17(27)20(15)28)25(24(30-21)11-4-3-5-12-24)16-10-9-14(26)13-18(16)29-23(25)32;24-12-7-8-14-16(11-12)27-21(31)23(14)17(13-5-4-6-15(25)18(13)26)19(20(29)30)28-22(23)9-2-1-3-10-22;7-5-1-3-6(8)4-2-5/h4-6,9,12,16-17,19,25,27,35-36H,1-3,7-8,10-11,13-15H2,(H,34,38);6-10,13,19,21,30H,2-5,11-12H2,1H3,(H,29,32);4-8,11,17,19,28H,1-3,9-10H2,(H,27,31)(H,29,30);5-6,8H,1-4,7H2/t17?,19?,25-,27-,30+;19-,21+,25+;17-,19+,23?;/m000./s1. The van der Waals surface area contributed by atoms with Crippen LogP contribution in [0.4, 0.5) is 30.2 Å². The number of halogens is 9. The fourth-order valence-electron chi connectivity index (χ4n) is 21.8. The van der Waals surface area contributed by atoms with Crippen LogP contribution in [0.2, 0.25) is 30.1 Å². The van der Waals surface area contributed by atoms with Gasteiger partial charge in [0.05, 0.1) is 39.9 Å². The smallest absolute Gasteiger partial charge is 0.323 e. The van der Waals surface area contributed by atoms with Crippen molar-refractivity contribution in [2.45, 2.75) is 248 Å². The SMILES string of the molecule is CCOC(=O)[C@@H]1NC2(CCCCC2)[C@@]2(C(=O)Nc3cc(Cl)ccc32)[C@H]1c1cccc(Cl)c1F.NC1CCC(O)CC1.O=C(CC1CCC(O)CC1)[C@@H]1NC2(CCCCC2)[C@@]2(C(=O)Nc3cc(Cl)ccc32)[C@H]1c1cccc(Cl)c1F.O=C(O)[C@@H]1NC2(CCCCC2)C2(C(=O)Nc3cc(Cl)ccc32)[C@H]1c1cccc(Cl)c1F. The molecule has 3 saturated heterocycles. The molecule has 110 heavy (non-hydrogen) atoms. The maximum atomic E-state index is 15.9. The van der Waals surface area contributed by atoms with Crippen LogP contribution in [0.15, 0.2) is 109 Å². The summed E-state index contributed by atoms with van der Waals surface area (Å²) in [7, 11) is 0. The van der Waals surface area contributed by atoms with Gasteiger partial charge in [-0.05, 0) is 191 Å². The van der Waals surface area contributed by atoms with Gasteiger partial charge in [0, 0.05) is 79.0 Å². The number of nitrogens with two attached hydrogens (primary N) is 1. The summed E-state index contributed by atoms with van der Waals surface area (Å²) in [4.78, 5) is 82.1. The van der Waals surface area contributed by atoms with E-state index in [0.717, 1.165) is 107 Å². The van der Waals surface area contributed by atoms with Crippen molar-refractivity contribution in [1.29, 1.82) is 0 Å². The molecule has 8 fully saturated rings. The van der Waals surface area contributed by atoms with E-state index in [9.17, 15) is 39.0 Å². The molecule has 6 spiro atoms. The van der Waals surface area contributed by atoms with Crippen LogP contribution in [-0.4, -0.2) is 110 Å². The molecular formula is C84H92Cl6F3N7O10. The molecule has 0 bridgehead atoms. The van der Waals surface area contributed by atoms with Gasteiger partial charge in [-0.3, -0.25) is 44.7 Å². The van der Waals surface area contributed by atoms with Crippen LogP contribution in [0, 0.1) is 23.4 Å². The highest BCUT2D eigenvalue weighted by atomic mass is 35.5. The number of aliphatic hydroxyl groups excluding tert-OH is 2. The number of benzene rings is 6. The fraction of sp³-hybridized carbons (Fsp3) is 0.500. The quantitative estimate of drug-likeness (QED) is 0.0604. The molecule has 17 nitrogen and oxygen atoms in total. The summed E-state index contributed by atoms with van der Waals surface area (Å²) < 4.78 is 52.2. The number of Topliss-reactive ketones (excluding diaryl/α,β-unsaturated/α-hetero) is 1. The monoisotopic (exact) mass is 1630 g/mol. The van der Waals surface area contributed by atoms with Crippen LogP contribution in [0.3, 0.4) is 0 Å². The minimum absolute atomic E-state index is 0.00666. The fourth-order valence-corrected chi connectivity index (χ4v) is 22.8. The molecule has 11 N–H and O–H groups in total. The van der Waals surface area contributed by atoms with Crippen LogP contribution < -0.4 is 37.6 Å². The molecule has 6 aromatic rings. The van der Waals surface area contributed by atoms with Gasteiger partial charge in [0.25, 0.3) is 0 Å². The van der Waals surface area contributed by atoms with E-state index in [2.05, 4.69) is 31.9 Å². The maximum Gasteiger partial charge on any atom is 0.323 e. The number of nitrogens with one attached hydrogen (secondary N) is 6. The minimum Gasteiger partial charge on any atom is -0.480 e. The lowest BCUT2D eigenvalue weighted by Gasteiger charge is -2.47. The third-order valence-electron chi connectivity index (χ3n) is 26.3. The molecule has 26 heteroatoms. The zero-order chi connectivity index (χ0) is 78.0. The van der Waals surface area contributed by atoms with E-state index in [1.165, 1.54) is 24.3 Å². The summed E-state index contributed by atoms with van der Waals surface area (Å²) in [5.41, 5.74) is 4.15. The summed E-state index contributed by atoms with van der Waals surface area (Å²) in [6.45, 7) is 1.91. The van der Waals surface area contributed by atoms with Crippen molar-refractivity contribution in [2.75, 3.05) is 22.6 Å². The zero-order valence-electron chi connectivity index (χ0n) is 61.0. The summed E-state index contributed by atoms with van der Waals surface area (Å²) in [5.74, 6) is -6.77. The molecule has 1 unspecified atom stereocenters. The Kier molecular flexibility index (Phi) is 23.4. The molecule has 5 saturated carbocycles. The number of hydrogen-bond acceptors (Lipinski definition) is 13. The van der Waals surface area contributed by atoms with Crippen molar-refractivity contribution in [3.05, 3.63) is 190 Å². The normalized spacial score (nSPS) is 30.3. The molecule has 5 aliphatic carbocycles. The highest BCUT2D eigenvalue weighted by molar-refractivity contribution is 6.33. The molecule has 3 amide bonds. The number of ether oxygens (including phenoxy) is 1. The highest BCUT2D eigenvalue weighted by Gasteiger charge is 2.76. The van der Waals surface area contributed by atoms with Gasteiger partial charge in [0.2, 0.25) is 17.7 Å². The van der Waals surface area contributed by atoms with E-state index in [1.807, 2.05) is 12.1 Å². The average Bonchev–Trinajstić information content (AvgIpc) is 1.52. The molecule has 0 aromatic heterocycles. The Morgan fingerprint density at radius 2 is 0.791 bits per heavy atom. The van der Waals surface area contributed by atoms with Crippen LogP contribution in [0.25, 0.3) is 0 Å². The number of aliphatic carboxylic acids is 1. The van der Waals surface area contributed by atoms with Crippen LogP contribution in [0.5, 0.6) is 0 Å². The van der Waals surface area contributed by atoms with Gasteiger partial charge < -0.3 is 41.7 Å². The van der Waals surface area contributed by atoms with Crippen molar-refractivity contribution in [3.8, 4) is 0 Å². The number of anilines is 3. The Hall–Kier alpha value is -6.37. The van der Waals surface area contributed by atoms with Gasteiger partial charge in [0.1, 0.15) is 45.8 Å². The van der Waals surface area contributed by atoms with E-state index in [-0.39, 0.29) is 74.4 Å². The number of esters is 1. The Morgan fingerprint density at radius 3 is 1.14 bits per heavy atom. The van der Waals surface area contributed by atoms with E-state index in [0.29, 0.717) is 107 Å². The van der Waals surface area contributed by atoms with Crippen molar-refractivity contribution in [1.82, 2.24) is 16.0 Å². The largest absolute Gasteiger partial charge is 0.480 e. The topological polar surface area (TPSA) is 271 Å². The Morgan fingerprint density at radius 1 is 0.464 bits per heavy atom. The van der Waals surface area contributed by atoms with E-state index < -0.39 is 98.1 Å². The Labute approximate surface area is 668 Å². The average molecular weight is 1630 g/mol. The van der Waals surface area contributed by atoms with Crippen LogP contribution >= 0.6 is 69.6 Å². The number of carboxylic acids is 1. The predicted molar refractivity (Wildman–Crippen MR) is 420 cm³/mol. The van der Waals surface area contributed by atoms with Gasteiger partial charge >= 0.3 is 11.9 Å². The molecule has 6 aromatic carbocycles. The third-order valence-corrected chi connectivity index (χ3v) is 27.9. The van der Waals surface area contributed by atoms with Gasteiger partial charge in [-0.25, -0.2) is 13.2 Å². The molecule has 11 aliphatic rings. The number of carbonyl (C=O) groups excluding carboxylic acids is 5. The molecule has 0 radical (unpaired) electrons. The molecule has 6 heterocycles. The number of amides is 3. The number of carboxylic acid groups (broad SMARTS) is 1. The summed E-state index contributed by atoms with van der Waals surface area (Å²) in [6.07, 6.45) is 19.1. The second-order valence-electron chi connectivity index (χ2n) is 32.0. The van der Waals surface area contributed by atoms with Gasteiger partial charge in [-0.15, -0.1) is 0 Å². The zero-order valence-corrected chi connectivity index (χ0v) is 65.6.